The Labute approximate surface area is 89.6 Å². The molecule has 1 amide bonds. The van der Waals surface area contributed by atoms with Crippen molar-refractivity contribution in [2.24, 2.45) is 5.73 Å². The lowest BCUT2D eigenvalue weighted by atomic mass is 10.2. The number of carbonyl (C=O) groups excluding carboxylic acids is 1. The molecule has 1 aromatic carbocycles. The summed E-state index contributed by atoms with van der Waals surface area (Å²) in [6.45, 7) is 0.737. The summed E-state index contributed by atoms with van der Waals surface area (Å²) in [6.07, 6.45) is 0. The van der Waals surface area contributed by atoms with Gasteiger partial charge in [0, 0.05) is 17.6 Å². The predicted molar refractivity (Wildman–Crippen MR) is 55.5 cm³/mol. The molecule has 0 spiro atoms. The Morgan fingerprint density at radius 2 is 2.29 bits per heavy atom. The van der Waals surface area contributed by atoms with Gasteiger partial charge in [0.05, 0.1) is 5.56 Å². The maximum Gasteiger partial charge on any atom is 0.252 e. The maximum atomic E-state index is 12.8. The van der Waals surface area contributed by atoms with Gasteiger partial charge in [0.1, 0.15) is 5.82 Å². The first-order chi connectivity index (χ1) is 6.65. The Balaban J connectivity index is 2.83. The Kier molecular flexibility index (Phi) is 4.03. The normalized spacial score (nSPS) is 9.93. The second kappa shape index (κ2) is 5.07. The molecule has 1 aromatic rings. The fourth-order valence-corrected chi connectivity index (χ4v) is 1.38. The molecule has 0 aliphatic carbocycles. The molecule has 3 nitrogen and oxygen atoms in total. The van der Waals surface area contributed by atoms with Gasteiger partial charge in [-0.15, -0.1) is 0 Å². The van der Waals surface area contributed by atoms with Crippen LogP contribution in [0.5, 0.6) is 0 Å². The van der Waals surface area contributed by atoms with Crippen molar-refractivity contribution < 1.29 is 9.18 Å². The van der Waals surface area contributed by atoms with Crippen LogP contribution < -0.4 is 11.1 Å². The molecule has 0 radical (unpaired) electrons. The van der Waals surface area contributed by atoms with Crippen molar-refractivity contribution in [2.45, 2.75) is 0 Å². The van der Waals surface area contributed by atoms with Gasteiger partial charge in [-0.2, -0.15) is 0 Å². The summed E-state index contributed by atoms with van der Waals surface area (Å²) in [7, 11) is 0. The molecular weight excluding hydrogens is 251 g/mol. The highest BCUT2D eigenvalue weighted by molar-refractivity contribution is 9.10. The van der Waals surface area contributed by atoms with E-state index in [1.54, 1.807) is 0 Å². The minimum Gasteiger partial charge on any atom is -0.351 e. The Hall–Kier alpha value is -0.940. The molecule has 3 N–H and O–H groups in total. The van der Waals surface area contributed by atoms with E-state index in [0.717, 1.165) is 0 Å². The largest absolute Gasteiger partial charge is 0.351 e. The number of nitrogens with two attached hydrogens (primary N) is 1. The molecule has 14 heavy (non-hydrogen) atoms. The van der Waals surface area contributed by atoms with E-state index in [4.69, 9.17) is 5.73 Å². The van der Waals surface area contributed by atoms with Gasteiger partial charge in [-0.25, -0.2) is 4.39 Å². The highest BCUT2D eigenvalue weighted by atomic mass is 79.9. The zero-order valence-corrected chi connectivity index (χ0v) is 8.97. The molecule has 0 heterocycles. The number of benzene rings is 1. The fourth-order valence-electron chi connectivity index (χ4n) is 0.952. The first kappa shape index (κ1) is 11.1. The zero-order valence-electron chi connectivity index (χ0n) is 7.39. The number of hydrogen-bond acceptors (Lipinski definition) is 2. The first-order valence-corrected chi connectivity index (χ1v) is 4.87. The second-order valence-electron chi connectivity index (χ2n) is 2.67. The maximum absolute atomic E-state index is 12.8. The molecule has 0 saturated carbocycles. The van der Waals surface area contributed by atoms with Crippen LogP contribution >= 0.6 is 15.9 Å². The van der Waals surface area contributed by atoms with Crippen LogP contribution in [0.2, 0.25) is 0 Å². The SMILES string of the molecule is NCCNC(=O)c1cc(F)ccc1Br. The average Bonchev–Trinajstić information content (AvgIpc) is 2.18. The summed E-state index contributed by atoms with van der Waals surface area (Å²) in [6, 6.07) is 3.95. The van der Waals surface area contributed by atoms with Crippen molar-refractivity contribution in [3.63, 3.8) is 0 Å². The number of rotatable bonds is 3. The lowest BCUT2D eigenvalue weighted by Crippen LogP contribution is -2.29. The highest BCUT2D eigenvalue weighted by Crippen LogP contribution is 2.17. The standard InChI is InChI=1S/C9H10BrFN2O/c10-8-2-1-6(11)5-7(8)9(14)13-4-3-12/h1-2,5H,3-4,12H2,(H,13,14). The molecule has 0 aliphatic rings. The van der Waals surface area contributed by atoms with Gasteiger partial charge in [-0.1, -0.05) is 0 Å². The minimum atomic E-state index is -0.439. The van der Waals surface area contributed by atoms with E-state index in [-0.39, 0.29) is 11.5 Å². The van der Waals surface area contributed by atoms with Gasteiger partial charge in [0.15, 0.2) is 0 Å². The molecule has 1 rings (SSSR count). The van der Waals surface area contributed by atoms with E-state index in [0.29, 0.717) is 17.6 Å². The first-order valence-electron chi connectivity index (χ1n) is 4.08. The van der Waals surface area contributed by atoms with Crippen molar-refractivity contribution in [1.82, 2.24) is 5.32 Å². The van der Waals surface area contributed by atoms with Crippen molar-refractivity contribution in [3.8, 4) is 0 Å². The van der Waals surface area contributed by atoms with E-state index in [9.17, 15) is 9.18 Å². The smallest absolute Gasteiger partial charge is 0.252 e. The van der Waals surface area contributed by atoms with E-state index < -0.39 is 5.82 Å². The number of carbonyl (C=O) groups is 1. The number of hydrogen-bond donors (Lipinski definition) is 2. The Morgan fingerprint density at radius 3 is 2.93 bits per heavy atom. The zero-order chi connectivity index (χ0) is 10.6. The van der Waals surface area contributed by atoms with E-state index in [1.807, 2.05) is 0 Å². The third kappa shape index (κ3) is 2.78. The Morgan fingerprint density at radius 1 is 1.57 bits per heavy atom. The molecule has 0 unspecified atom stereocenters. The third-order valence-corrected chi connectivity index (χ3v) is 2.29. The number of halogens is 2. The van der Waals surface area contributed by atoms with Crippen LogP contribution in [-0.2, 0) is 0 Å². The Bertz CT molecular complexity index is 344. The van der Waals surface area contributed by atoms with Crippen LogP contribution in [0.15, 0.2) is 22.7 Å². The summed E-state index contributed by atoms with van der Waals surface area (Å²) in [4.78, 5) is 11.4. The van der Waals surface area contributed by atoms with Gasteiger partial charge in [0.2, 0.25) is 0 Å². The molecule has 0 bridgehead atoms. The quantitative estimate of drug-likeness (QED) is 0.861. The van der Waals surface area contributed by atoms with E-state index in [2.05, 4.69) is 21.2 Å². The third-order valence-electron chi connectivity index (χ3n) is 1.60. The van der Waals surface area contributed by atoms with E-state index >= 15 is 0 Å². The van der Waals surface area contributed by atoms with Gasteiger partial charge in [-0.3, -0.25) is 4.79 Å². The van der Waals surface area contributed by atoms with Crippen LogP contribution in [0, 0.1) is 5.82 Å². The van der Waals surface area contributed by atoms with Crippen molar-refractivity contribution >= 4 is 21.8 Å². The minimum absolute atomic E-state index is 0.276. The summed E-state index contributed by atoms with van der Waals surface area (Å²) < 4.78 is 13.4. The van der Waals surface area contributed by atoms with Crippen molar-refractivity contribution in [2.75, 3.05) is 13.1 Å². The lowest BCUT2D eigenvalue weighted by Gasteiger charge is -2.05. The van der Waals surface area contributed by atoms with Crippen LogP contribution in [-0.4, -0.2) is 19.0 Å². The monoisotopic (exact) mass is 260 g/mol. The summed E-state index contributed by atoms with van der Waals surface area (Å²) >= 11 is 3.16. The molecule has 5 heteroatoms. The average molecular weight is 261 g/mol. The van der Waals surface area contributed by atoms with Crippen molar-refractivity contribution in [3.05, 3.63) is 34.1 Å². The fraction of sp³-hybridized carbons (Fsp3) is 0.222. The van der Waals surface area contributed by atoms with Gasteiger partial charge < -0.3 is 11.1 Å². The molecular formula is C9H10BrFN2O. The molecule has 0 aromatic heterocycles. The number of nitrogens with one attached hydrogen (secondary N) is 1. The molecule has 76 valence electrons. The highest BCUT2D eigenvalue weighted by Gasteiger charge is 2.09. The van der Waals surface area contributed by atoms with Gasteiger partial charge in [0.25, 0.3) is 5.91 Å². The van der Waals surface area contributed by atoms with Crippen LogP contribution in [0.25, 0.3) is 0 Å². The summed E-state index contributed by atoms with van der Waals surface area (Å²) in [5.74, 6) is -0.770. The van der Waals surface area contributed by atoms with Gasteiger partial charge >= 0.3 is 0 Å². The number of amides is 1. The van der Waals surface area contributed by atoms with Crippen molar-refractivity contribution in [1.29, 1.82) is 0 Å². The van der Waals surface area contributed by atoms with Gasteiger partial charge in [-0.05, 0) is 34.1 Å². The topological polar surface area (TPSA) is 55.1 Å². The molecule has 0 aliphatic heterocycles. The molecule has 0 atom stereocenters. The summed E-state index contributed by atoms with van der Waals surface area (Å²) in [5.41, 5.74) is 5.50. The second-order valence-corrected chi connectivity index (χ2v) is 3.52. The van der Waals surface area contributed by atoms with Crippen LogP contribution in [0.4, 0.5) is 4.39 Å². The van der Waals surface area contributed by atoms with Crippen LogP contribution in [0.3, 0.4) is 0 Å². The van der Waals surface area contributed by atoms with E-state index in [1.165, 1.54) is 18.2 Å². The van der Waals surface area contributed by atoms with Crippen LogP contribution in [0.1, 0.15) is 10.4 Å². The summed E-state index contributed by atoms with van der Waals surface area (Å²) in [5, 5.41) is 2.56. The molecule has 0 fully saturated rings. The lowest BCUT2D eigenvalue weighted by molar-refractivity contribution is 0.0953. The molecule has 0 saturated heterocycles. The predicted octanol–water partition coefficient (Wildman–Crippen LogP) is 1.28.